The summed E-state index contributed by atoms with van der Waals surface area (Å²) in [6.45, 7) is 3.31. The minimum Gasteiger partial charge on any atom is -0.409 e. The second-order valence-electron chi connectivity index (χ2n) is 7.58. The standard InChI is InChI=1S/C21H27N5O4S/c1-13-9-15(3-4-18(13)31(2)29)16(10-14-5-7-30-8-6-14)21(27)25-19-12-23-17(11-24-19)20(22)26-28/h3-4,9,11-12,14,16,28H,5-8,10H2,1-2H3,(H2,22,26)(H,24,25,27). The largest absolute Gasteiger partial charge is 0.409 e. The van der Waals surface area contributed by atoms with Gasteiger partial charge in [0.25, 0.3) is 0 Å². The fraction of sp³-hybridized carbons (Fsp3) is 0.429. The highest BCUT2D eigenvalue weighted by atomic mass is 32.2. The number of amides is 1. The molecule has 0 bridgehead atoms. The maximum Gasteiger partial charge on any atom is 0.233 e. The van der Waals surface area contributed by atoms with E-state index in [-0.39, 0.29) is 23.3 Å². The number of rotatable bonds is 7. The monoisotopic (exact) mass is 445 g/mol. The van der Waals surface area contributed by atoms with Crippen molar-refractivity contribution in [2.45, 2.75) is 37.0 Å². The maximum absolute atomic E-state index is 13.2. The van der Waals surface area contributed by atoms with Crippen LogP contribution in [0.1, 0.15) is 42.0 Å². The third-order valence-electron chi connectivity index (χ3n) is 5.41. The van der Waals surface area contributed by atoms with Gasteiger partial charge in [-0.3, -0.25) is 9.00 Å². The van der Waals surface area contributed by atoms with E-state index in [0.717, 1.165) is 28.9 Å². The lowest BCUT2D eigenvalue weighted by atomic mass is 9.84. The van der Waals surface area contributed by atoms with Crippen molar-refractivity contribution in [3.05, 3.63) is 47.4 Å². The highest BCUT2D eigenvalue weighted by Gasteiger charge is 2.27. The molecule has 0 radical (unpaired) electrons. The number of hydrogen-bond donors (Lipinski definition) is 3. The molecule has 1 aliphatic heterocycles. The first-order valence-electron chi connectivity index (χ1n) is 10.0. The molecule has 9 nitrogen and oxygen atoms in total. The first kappa shape index (κ1) is 22.8. The van der Waals surface area contributed by atoms with E-state index in [9.17, 15) is 9.00 Å². The Balaban J connectivity index is 1.83. The van der Waals surface area contributed by atoms with E-state index < -0.39 is 16.7 Å². The number of oxime groups is 1. The summed E-state index contributed by atoms with van der Waals surface area (Å²) in [5.74, 6) is -0.0984. The molecular formula is C21H27N5O4S. The zero-order chi connectivity index (χ0) is 22.4. The minimum atomic E-state index is -1.09. The maximum atomic E-state index is 13.2. The molecule has 4 N–H and O–H groups in total. The van der Waals surface area contributed by atoms with Gasteiger partial charge in [0.05, 0.1) is 29.1 Å². The first-order chi connectivity index (χ1) is 14.9. The number of carbonyl (C=O) groups excluding carboxylic acids is 1. The summed E-state index contributed by atoms with van der Waals surface area (Å²) in [4.78, 5) is 22.2. The second-order valence-corrected chi connectivity index (χ2v) is 8.93. The Labute approximate surface area is 183 Å². The minimum absolute atomic E-state index is 0.161. The van der Waals surface area contributed by atoms with Gasteiger partial charge in [0.2, 0.25) is 5.91 Å². The van der Waals surface area contributed by atoms with Crippen LogP contribution < -0.4 is 11.1 Å². The lowest BCUT2D eigenvalue weighted by Gasteiger charge is -2.26. The van der Waals surface area contributed by atoms with E-state index in [0.29, 0.717) is 25.6 Å². The summed E-state index contributed by atoms with van der Waals surface area (Å²) in [5.41, 5.74) is 7.47. The smallest absolute Gasteiger partial charge is 0.233 e. The van der Waals surface area contributed by atoms with Gasteiger partial charge in [0, 0.05) is 24.4 Å². The van der Waals surface area contributed by atoms with Crippen LogP contribution in [0.5, 0.6) is 0 Å². The molecule has 0 aliphatic carbocycles. The Morgan fingerprint density at radius 2 is 2.10 bits per heavy atom. The van der Waals surface area contributed by atoms with Crippen molar-refractivity contribution in [1.29, 1.82) is 0 Å². The van der Waals surface area contributed by atoms with Gasteiger partial charge in [0.1, 0.15) is 5.69 Å². The number of nitrogens with two attached hydrogens (primary N) is 1. The summed E-state index contributed by atoms with van der Waals surface area (Å²) in [5, 5.41) is 14.4. The van der Waals surface area contributed by atoms with Gasteiger partial charge >= 0.3 is 0 Å². The first-order valence-corrected chi connectivity index (χ1v) is 11.6. The number of benzene rings is 1. The highest BCUT2D eigenvalue weighted by molar-refractivity contribution is 7.84. The van der Waals surface area contributed by atoms with Crippen LogP contribution >= 0.6 is 0 Å². The van der Waals surface area contributed by atoms with Crippen molar-refractivity contribution in [1.82, 2.24) is 9.97 Å². The number of carbonyl (C=O) groups is 1. The molecule has 166 valence electrons. The van der Waals surface area contributed by atoms with Crippen molar-refractivity contribution in [3.63, 3.8) is 0 Å². The Morgan fingerprint density at radius 1 is 1.35 bits per heavy atom. The van der Waals surface area contributed by atoms with E-state index in [1.807, 2.05) is 25.1 Å². The molecule has 2 heterocycles. The average molecular weight is 446 g/mol. The molecule has 1 amide bonds. The predicted molar refractivity (Wildman–Crippen MR) is 118 cm³/mol. The zero-order valence-corrected chi connectivity index (χ0v) is 18.4. The molecule has 0 saturated carbocycles. The Kier molecular flexibility index (Phi) is 7.69. The molecule has 1 fully saturated rings. The van der Waals surface area contributed by atoms with Gasteiger partial charge in [-0.2, -0.15) is 0 Å². The third-order valence-corrected chi connectivity index (χ3v) is 6.49. The van der Waals surface area contributed by atoms with Gasteiger partial charge in [-0.15, -0.1) is 0 Å². The van der Waals surface area contributed by atoms with Crippen LogP contribution in [0.2, 0.25) is 0 Å². The Morgan fingerprint density at radius 3 is 2.68 bits per heavy atom. The van der Waals surface area contributed by atoms with Crippen molar-refractivity contribution < 1.29 is 18.9 Å². The van der Waals surface area contributed by atoms with Gasteiger partial charge < -0.3 is 21.0 Å². The van der Waals surface area contributed by atoms with E-state index in [2.05, 4.69) is 20.4 Å². The predicted octanol–water partition coefficient (Wildman–Crippen LogP) is 2.16. The molecule has 0 spiro atoms. The van der Waals surface area contributed by atoms with Crippen molar-refractivity contribution in [2.24, 2.45) is 16.8 Å². The molecule has 1 saturated heterocycles. The number of amidine groups is 1. The molecule has 2 unspecified atom stereocenters. The van der Waals surface area contributed by atoms with Crippen LogP contribution in [0.4, 0.5) is 5.82 Å². The zero-order valence-electron chi connectivity index (χ0n) is 17.6. The summed E-state index contributed by atoms with van der Waals surface area (Å²) >= 11 is 0. The van der Waals surface area contributed by atoms with E-state index in [1.54, 1.807) is 6.26 Å². The van der Waals surface area contributed by atoms with Crippen LogP contribution in [-0.2, 0) is 20.3 Å². The number of aromatic nitrogens is 2. The number of nitrogens with one attached hydrogen (secondary N) is 1. The number of hydrogen-bond acceptors (Lipinski definition) is 7. The molecule has 10 heteroatoms. The van der Waals surface area contributed by atoms with Gasteiger partial charge in [0.15, 0.2) is 11.7 Å². The molecule has 1 aromatic heterocycles. The van der Waals surface area contributed by atoms with E-state index >= 15 is 0 Å². The molecule has 31 heavy (non-hydrogen) atoms. The molecule has 3 rings (SSSR count). The molecule has 1 aliphatic rings. The number of ether oxygens (including phenoxy) is 1. The van der Waals surface area contributed by atoms with E-state index in [1.165, 1.54) is 12.4 Å². The van der Waals surface area contributed by atoms with Crippen LogP contribution in [0.15, 0.2) is 40.6 Å². The quantitative estimate of drug-likeness (QED) is 0.257. The number of aryl methyl sites for hydroxylation is 1. The molecule has 1 aromatic carbocycles. The Hall–Kier alpha value is -2.85. The van der Waals surface area contributed by atoms with Crippen molar-refractivity contribution in [3.8, 4) is 0 Å². The fourth-order valence-electron chi connectivity index (χ4n) is 3.71. The molecule has 2 atom stereocenters. The van der Waals surface area contributed by atoms with Gasteiger partial charge in [-0.25, -0.2) is 9.97 Å². The molecular weight excluding hydrogens is 418 g/mol. The summed E-state index contributed by atoms with van der Waals surface area (Å²) < 4.78 is 17.4. The fourth-order valence-corrected chi connectivity index (χ4v) is 4.48. The topological polar surface area (TPSA) is 140 Å². The second kappa shape index (κ2) is 10.5. The normalized spacial score (nSPS) is 17.2. The lowest BCUT2D eigenvalue weighted by Crippen LogP contribution is -2.26. The third kappa shape index (κ3) is 5.86. The van der Waals surface area contributed by atoms with Crippen LogP contribution in [0.3, 0.4) is 0 Å². The average Bonchev–Trinajstić information content (AvgIpc) is 2.77. The number of nitrogens with zero attached hydrogens (tertiary/aromatic N) is 3. The van der Waals surface area contributed by atoms with Crippen molar-refractivity contribution in [2.75, 3.05) is 24.8 Å². The number of anilines is 1. The lowest BCUT2D eigenvalue weighted by molar-refractivity contribution is -0.118. The Bertz CT molecular complexity index is 974. The van der Waals surface area contributed by atoms with Gasteiger partial charge in [-0.1, -0.05) is 17.3 Å². The summed E-state index contributed by atoms with van der Waals surface area (Å²) in [7, 11) is -1.09. The van der Waals surface area contributed by atoms with Crippen LogP contribution in [0.25, 0.3) is 0 Å². The van der Waals surface area contributed by atoms with Crippen LogP contribution in [-0.4, -0.2) is 50.6 Å². The summed E-state index contributed by atoms with van der Waals surface area (Å²) in [6.07, 6.45) is 6.84. The summed E-state index contributed by atoms with van der Waals surface area (Å²) in [6, 6.07) is 5.64. The van der Waals surface area contributed by atoms with Crippen molar-refractivity contribution >= 4 is 28.4 Å². The van der Waals surface area contributed by atoms with E-state index in [4.69, 9.17) is 15.7 Å². The highest BCUT2D eigenvalue weighted by Crippen LogP contribution is 2.31. The SMILES string of the molecule is Cc1cc(C(CC2CCOCC2)C(=O)Nc2cnc(/C(N)=N/O)cn2)ccc1S(C)=O. The molecule has 2 aromatic rings. The van der Waals surface area contributed by atoms with Crippen LogP contribution in [0, 0.1) is 12.8 Å². The van der Waals surface area contributed by atoms with Gasteiger partial charge in [-0.05, 0) is 49.3 Å².